The zero-order valence-corrected chi connectivity index (χ0v) is 20.2. The highest BCUT2D eigenvalue weighted by molar-refractivity contribution is 6.32. The third kappa shape index (κ3) is 4.30. The second-order valence-corrected chi connectivity index (χ2v) is 8.59. The molecule has 0 fully saturated rings. The van der Waals surface area contributed by atoms with Crippen molar-refractivity contribution in [1.29, 1.82) is 0 Å². The molecule has 1 N–H and O–H groups in total. The van der Waals surface area contributed by atoms with Crippen LogP contribution in [0.3, 0.4) is 0 Å². The standard InChI is InChI=1S/C25H24ClN7O2/c1-3-4-10-22-27-19-8-5-7-17(25(34)35-2)23(19)33(22)15-16-11-12-20(18(26)14-16)32-13-6-9-21(32)24-28-30-31-29-24/h5-9,11-14H,3-4,10,15H2,1-2H3,(H,28,29,30,31). The lowest BCUT2D eigenvalue weighted by molar-refractivity contribution is 0.0602. The number of nitrogens with one attached hydrogen (secondary N) is 1. The van der Waals surface area contributed by atoms with E-state index < -0.39 is 0 Å². The first kappa shape index (κ1) is 22.8. The maximum Gasteiger partial charge on any atom is 0.340 e. The number of carbonyl (C=O) groups excluding carboxylic acids is 1. The molecule has 0 saturated heterocycles. The predicted molar refractivity (Wildman–Crippen MR) is 133 cm³/mol. The average Bonchev–Trinajstić information content (AvgIpc) is 3.62. The molecule has 0 aliphatic rings. The molecule has 0 unspecified atom stereocenters. The predicted octanol–water partition coefficient (Wildman–Crippen LogP) is 4.84. The molecule has 0 spiro atoms. The van der Waals surface area contributed by atoms with Crippen molar-refractivity contribution in [3.63, 3.8) is 0 Å². The van der Waals surface area contributed by atoms with E-state index in [4.69, 9.17) is 21.3 Å². The summed E-state index contributed by atoms with van der Waals surface area (Å²) in [5.74, 6) is 1.11. The number of fused-ring (bicyclic) bond motifs is 1. The number of aromatic nitrogens is 7. The number of tetrazole rings is 1. The number of imidazole rings is 1. The van der Waals surface area contributed by atoms with Gasteiger partial charge in [-0.1, -0.05) is 37.1 Å². The molecule has 5 rings (SSSR count). The SMILES string of the molecule is CCCCc1nc2cccc(C(=O)OC)c2n1Cc1ccc(-n2cccc2-c2nnn[nH]2)c(Cl)c1. The molecule has 3 aromatic heterocycles. The first-order valence-corrected chi connectivity index (χ1v) is 11.7. The van der Waals surface area contributed by atoms with Crippen LogP contribution in [0.15, 0.2) is 54.7 Å². The molecule has 178 valence electrons. The minimum Gasteiger partial charge on any atom is -0.465 e. The molecule has 0 saturated carbocycles. The van der Waals surface area contributed by atoms with Gasteiger partial charge in [0.2, 0.25) is 0 Å². The fraction of sp³-hybridized carbons (Fsp3) is 0.240. The topological polar surface area (TPSA) is 104 Å². The van der Waals surface area contributed by atoms with E-state index in [2.05, 4.69) is 32.1 Å². The van der Waals surface area contributed by atoms with E-state index in [1.54, 1.807) is 6.07 Å². The van der Waals surface area contributed by atoms with Crippen LogP contribution in [-0.2, 0) is 17.7 Å². The van der Waals surface area contributed by atoms with E-state index in [1.807, 2.05) is 53.2 Å². The van der Waals surface area contributed by atoms with Gasteiger partial charge in [0.05, 0.1) is 40.1 Å². The Bertz CT molecular complexity index is 1490. The Morgan fingerprint density at radius 3 is 2.80 bits per heavy atom. The number of methoxy groups -OCH3 is 1. The highest BCUT2D eigenvalue weighted by Gasteiger charge is 2.19. The van der Waals surface area contributed by atoms with Crippen molar-refractivity contribution in [2.24, 2.45) is 0 Å². The number of esters is 1. The summed E-state index contributed by atoms with van der Waals surface area (Å²) in [5, 5.41) is 14.7. The normalized spacial score (nSPS) is 11.3. The van der Waals surface area contributed by atoms with E-state index in [0.717, 1.165) is 53.1 Å². The van der Waals surface area contributed by atoms with Crippen molar-refractivity contribution in [3.8, 4) is 17.2 Å². The molecule has 0 radical (unpaired) electrons. The van der Waals surface area contributed by atoms with E-state index in [9.17, 15) is 4.79 Å². The molecule has 9 nitrogen and oxygen atoms in total. The Labute approximate surface area is 206 Å². The van der Waals surface area contributed by atoms with Crippen molar-refractivity contribution in [2.45, 2.75) is 32.7 Å². The third-order valence-electron chi connectivity index (χ3n) is 5.95. The van der Waals surface area contributed by atoms with Gasteiger partial charge < -0.3 is 13.9 Å². The largest absolute Gasteiger partial charge is 0.465 e. The van der Waals surface area contributed by atoms with Crippen LogP contribution in [0.2, 0.25) is 5.02 Å². The molecule has 0 bridgehead atoms. The molecule has 0 aliphatic carbocycles. The average molecular weight is 490 g/mol. The van der Waals surface area contributed by atoms with Gasteiger partial charge in [0.15, 0.2) is 5.82 Å². The second kappa shape index (κ2) is 9.71. The Morgan fingerprint density at radius 1 is 1.17 bits per heavy atom. The Balaban J connectivity index is 1.55. The number of rotatable bonds is 8. The van der Waals surface area contributed by atoms with Crippen LogP contribution < -0.4 is 0 Å². The number of ether oxygens (including phenoxy) is 1. The number of H-pyrrole nitrogens is 1. The maximum absolute atomic E-state index is 12.5. The first-order chi connectivity index (χ1) is 17.1. The summed E-state index contributed by atoms with van der Waals surface area (Å²) < 4.78 is 9.07. The van der Waals surface area contributed by atoms with Crippen molar-refractivity contribution < 1.29 is 9.53 Å². The number of benzene rings is 2. The number of nitrogens with zero attached hydrogens (tertiary/aromatic N) is 6. The number of hydrogen-bond acceptors (Lipinski definition) is 6. The molecule has 5 aromatic rings. The van der Waals surface area contributed by atoms with Gasteiger partial charge >= 0.3 is 5.97 Å². The number of hydrogen-bond donors (Lipinski definition) is 1. The van der Waals surface area contributed by atoms with Gasteiger partial charge in [0, 0.05) is 19.2 Å². The fourth-order valence-electron chi connectivity index (χ4n) is 4.28. The highest BCUT2D eigenvalue weighted by Crippen LogP contribution is 2.29. The van der Waals surface area contributed by atoms with E-state index in [0.29, 0.717) is 23.0 Å². The number of carbonyl (C=O) groups is 1. The monoisotopic (exact) mass is 489 g/mol. The zero-order valence-electron chi connectivity index (χ0n) is 19.4. The van der Waals surface area contributed by atoms with Gasteiger partial charge in [-0.05, 0) is 58.8 Å². The van der Waals surface area contributed by atoms with Crippen molar-refractivity contribution >= 4 is 28.6 Å². The smallest absolute Gasteiger partial charge is 0.340 e. The van der Waals surface area contributed by atoms with Crippen LogP contribution in [0.5, 0.6) is 0 Å². The lowest BCUT2D eigenvalue weighted by atomic mass is 10.1. The molecule has 0 aliphatic heterocycles. The lowest BCUT2D eigenvalue weighted by Gasteiger charge is -2.14. The molecule has 0 atom stereocenters. The maximum atomic E-state index is 12.5. The van der Waals surface area contributed by atoms with Gasteiger partial charge in [-0.2, -0.15) is 0 Å². The van der Waals surface area contributed by atoms with Crippen LogP contribution >= 0.6 is 11.6 Å². The molecular formula is C25H24ClN7O2. The second-order valence-electron chi connectivity index (χ2n) is 8.18. The van der Waals surface area contributed by atoms with Gasteiger partial charge in [-0.25, -0.2) is 14.9 Å². The summed E-state index contributed by atoms with van der Waals surface area (Å²) in [7, 11) is 1.39. The number of aromatic amines is 1. The Kier molecular flexibility index (Phi) is 6.33. The summed E-state index contributed by atoms with van der Waals surface area (Å²) >= 11 is 6.76. The minimum atomic E-state index is -0.380. The molecule has 10 heteroatoms. The zero-order chi connectivity index (χ0) is 24.4. The van der Waals surface area contributed by atoms with Crippen LogP contribution in [0.4, 0.5) is 0 Å². The van der Waals surface area contributed by atoms with Gasteiger partial charge in [0.25, 0.3) is 0 Å². The number of unbranched alkanes of at least 4 members (excludes halogenated alkanes) is 1. The lowest BCUT2D eigenvalue weighted by Crippen LogP contribution is -2.10. The van der Waals surface area contributed by atoms with E-state index in [1.165, 1.54) is 7.11 Å². The molecule has 35 heavy (non-hydrogen) atoms. The van der Waals surface area contributed by atoms with Gasteiger partial charge in [-0.3, -0.25) is 0 Å². The summed E-state index contributed by atoms with van der Waals surface area (Å²) in [6.45, 7) is 2.67. The van der Waals surface area contributed by atoms with Crippen LogP contribution in [0.25, 0.3) is 28.2 Å². The fourth-order valence-corrected chi connectivity index (χ4v) is 4.58. The summed E-state index contributed by atoms with van der Waals surface area (Å²) in [6, 6.07) is 15.3. The summed E-state index contributed by atoms with van der Waals surface area (Å²) in [5.41, 5.74) is 4.65. The van der Waals surface area contributed by atoms with E-state index >= 15 is 0 Å². The van der Waals surface area contributed by atoms with Gasteiger partial charge in [-0.15, -0.1) is 5.10 Å². The van der Waals surface area contributed by atoms with Crippen LogP contribution in [0.1, 0.15) is 41.5 Å². The number of para-hydroxylation sites is 1. The van der Waals surface area contributed by atoms with Crippen molar-refractivity contribution in [3.05, 3.63) is 76.7 Å². The van der Waals surface area contributed by atoms with Crippen molar-refractivity contribution in [2.75, 3.05) is 7.11 Å². The van der Waals surface area contributed by atoms with Crippen LogP contribution in [-0.4, -0.2) is 47.8 Å². The number of halogens is 1. The molecule has 2 aromatic carbocycles. The summed E-state index contributed by atoms with van der Waals surface area (Å²) in [4.78, 5) is 17.4. The first-order valence-electron chi connectivity index (χ1n) is 11.4. The van der Waals surface area contributed by atoms with E-state index in [-0.39, 0.29) is 5.97 Å². The molecule has 3 heterocycles. The molecular weight excluding hydrogens is 466 g/mol. The number of aryl methyl sites for hydroxylation is 1. The minimum absolute atomic E-state index is 0.380. The Morgan fingerprint density at radius 2 is 2.06 bits per heavy atom. The Hall–Kier alpha value is -3.98. The highest BCUT2D eigenvalue weighted by atomic mass is 35.5. The third-order valence-corrected chi connectivity index (χ3v) is 6.26. The van der Waals surface area contributed by atoms with Crippen molar-refractivity contribution in [1.82, 2.24) is 34.7 Å². The van der Waals surface area contributed by atoms with Gasteiger partial charge in [0.1, 0.15) is 5.82 Å². The molecule has 0 amide bonds. The summed E-state index contributed by atoms with van der Waals surface area (Å²) in [6.07, 6.45) is 4.78. The van der Waals surface area contributed by atoms with Crippen LogP contribution in [0, 0.1) is 0 Å². The quantitative estimate of drug-likeness (QED) is 0.313.